The van der Waals surface area contributed by atoms with Crippen LogP contribution in [-0.4, -0.2) is 4.98 Å². The summed E-state index contributed by atoms with van der Waals surface area (Å²) < 4.78 is 0. The number of halogens is 1. The van der Waals surface area contributed by atoms with Crippen molar-refractivity contribution in [2.45, 2.75) is 4.90 Å². The van der Waals surface area contributed by atoms with Crippen molar-refractivity contribution >= 4 is 35.1 Å². The number of pyridine rings is 1. The van der Waals surface area contributed by atoms with Crippen molar-refractivity contribution < 1.29 is 0 Å². The van der Waals surface area contributed by atoms with Crippen LogP contribution < -0.4 is 0 Å². The highest BCUT2D eigenvalue weighted by atomic mass is 35.5. The van der Waals surface area contributed by atoms with Crippen LogP contribution in [0.5, 0.6) is 0 Å². The van der Waals surface area contributed by atoms with Gasteiger partial charge in [0, 0.05) is 16.5 Å². The lowest BCUT2D eigenvalue weighted by Crippen LogP contribution is -1.79. The smallest absolute Gasteiger partial charge is 0.0714 e. The van der Waals surface area contributed by atoms with Crippen LogP contribution in [-0.2, 0) is 0 Å². The van der Waals surface area contributed by atoms with Crippen molar-refractivity contribution in [3.05, 3.63) is 35.5 Å². The molecule has 1 aromatic heterocycles. The molecule has 2 rings (SSSR count). The van der Waals surface area contributed by atoms with E-state index in [1.54, 1.807) is 12.3 Å². The molecule has 0 aliphatic rings. The molecule has 1 nitrogen and oxygen atoms in total. The van der Waals surface area contributed by atoms with E-state index in [1.807, 2.05) is 18.2 Å². The van der Waals surface area contributed by atoms with Crippen LogP contribution in [0.2, 0.25) is 5.02 Å². The van der Waals surface area contributed by atoms with Gasteiger partial charge < -0.3 is 0 Å². The summed E-state index contributed by atoms with van der Waals surface area (Å²) in [6.45, 7) is 0. The van der Waals surface area contributed by atoms with Gasteiger partial charge in [-0.1, -0.05) is 17.7 Å². The topological polar surface area (TPSA) is 12.9 Å². The van der Waals surface area contributed by atoms with E-state index in [4.69, 9.17) is 11.6 Å². The summed E-state index contributed by atoms with van der Waals surface area (Å²) in [7, 11) is 0. The quantitative estimate of drug-likeness (QED) is 0.638. The highest BCUT2D eigenvalue weighted by molar-refractivity contribution is 7.80. The number of nitrogens with zero attached hydrogens (tertiary/aromatic N) is 1. The van der Waals surface area contributed by atoms with Gasteiger partial charge in [-0.25, -0.2) is 0 Å². The molecule has 0 unspecified atom stereocenters. The summed E-state index contributed by atoms with van der Waals surface area (Å²) in [5, 5.41) is 1.66. The van der Waals surface area contributed by atoms with Gasteiger partial charge in [0.2, 0.25) is 0 Å². The van der Waals surface area contributed by atoms with Crippen molar-refractivity contribution in [2.24, 2.45) is 0 Å². The molecule has 0 fully saturated rings. The second-order valence-electron chi connectivity index (χ2n) is 2.47. The molecule has 3 heteroatoms. The minimum Gasteiger partial charge on any atom is -0.256 e. The Kier molecular flexibility index (Phi) is 1.95. The SMILES string of the molecule is Sc1c(Cl)ccc2ncccc12. The molecule has 1 aromatic carbocycles. The predicted octanol–water partition coefficient (Wildman–Crippen LogP) is 3.18. The second kappa shape index (κ2) is 2.96. The fraction of sp³-hybridized carbons (Fsp3) is 0. The largest absolute Gasteiger partial charge is 0.256 e. The van der Waals surface area contributed by atoms with Gasteiger partial charge in [0.25, 0.3) is 0 Å². The zero-order valence-corrected chi connectivity index (χ0v) is 7.81. The molecule has 0 bridgehead atoms. The van der Waals surface area contributed by atoms with Crippen molar-refractivity contribution in [3.8, 4) is 0 Å². The lowest BCUT2D eigenvalue weighted by atomic mass is 10.2. The molecule has 2 aromatic rings. The van der Waals surface area contributed by atoms with Gasteiger partial charge >= 0.3 is 0 Å². The summed E-state index contributed by atoms with van der Waals surface area (Å²) in [5.74, 6) is 0. The molecule has 0 saturated carbocycles. The first kappa shape index (κ1) is 7.90. The predicted molar refractivity (Wildman–Crippen MR) is 54.0 cm³/mol. The average molecular weight is 196 g/mol. The Morgan fingerprint density at radius 3 is 2.92 bits per heavy atom. The average Bonchev–Trinajstić information content (AvgIpc) is 2.12. The third-order valence-corrected chi connectivity index (χ3v) is 2.64. The Labute approximate surface area is 80.8 Å². The Hall–Kier alpha value is -0.730. The summed E-state index contributed by atoms with van der Waals surface area (Å²) in [5.41, 5.74) is 0.923. The first-order valence-corrected chi connectivity index (χ1v) is 4.34. The molecule has 0 aliphatic carbocycles. The zero-order chi connectivity index (χ0) is 8.55. The molecule has 0 saturated heterocycles. The van der Waals surface area contributed by atoms with Gasteiger partial charge in [0.1, 0.15) is 0 Å². The number of aromatic nitrogens is 1. The molecule has 60 valence electrons. The van der Waals surface area contributed by atoms with E-state index >= 15 is 0 Å². The number of thiol groups is 1. The Morgan fingerprint density at radius 1 is 1.25 bits per heavy atom. The summed E-state index contributed by atoms with van der Waals surface area (Å²) in [6, 6.07) is 7.52. The third-order valence-electron chi connectivity index (χ3n) is 1.71. The van der Waals surface area contributed by atoms with Crippen LogP contribution in [0.15, 0.2) is 35.4 Å². The Bertz CT molecular complexity index is 428. The van der Waals surface area contributed by atoms with Crippen LogP contribution in [0.3, 0.4) is 0 Å². The van der Waals surface area contributed by atoms with Gasteiger partial charge in [-0.2, -0.15) is 0 Å². The van der Waals surface area contributed by atoms with Crippen molar-refractivity contribution in [1.29, 1.82) is 0 Å². The first-order chi connectivity index (χ1) is 5.79. The van der Waals surface area contributed by atoms with Crippen LogP contribution in [0, 0.1) is 0 Å². The van der Waals surface area contributed by atoms with E-state index in [1.165, 1.54) is 0 Å². The van der Waals surface area contributed by atoms with Gasteiger partial charge in [-0.15, -0.1) is 12.6 Å². The van der Waals surface area contributed by atoms with Crippen LogP contribution in [0.4, 0.5) is 0 Å². The van der Waals surface area contributed by atoms with Crippen molar-refractivity contribution in [1.82, 2.24) is 4.98 Å². The van der Waals surface area contributed by atoms with Crippen LogP contribution in [0.1, 0.15) is 0 Å². The third kappa shape index (κ3) is 1.17. The maximum atomic E-state index is 5.88. The normalized spacial score (nSPS) is 10.5. The lowest BCUT2D eigenvalue weighted by Gasteiger charge is -2.00. The molecule has 0 atom stereocenters. The second-order valence-corrected chi connectivity index (χ2v) is 3.32. The fourth-order valence-corrected chi connectivity index (χ4v) is 1.54. The maximum absolute atomic E-state index is 5.88. The standard InChI is InChI=1S/C9H6ClNS/c10-7-3-4-8-6(9(7)12)2-1-5-11-8/h1-5,12H. The van der Waals surface area contributed by atoms with E-state index in [-0.39, 0.29) is 0 Å². The molecule has 12 heavy (non-hydrogen) atoms. The molecule has 0 spiro atoms. The van der Waals surface area contributed by atoms with Crippen LogP contribution >= 0.6 is 24.2 Å². The number of rotatable bonds is 0. The molecular formula is C9H6ClNS. The molecular weight excluding hydrogens is 190 g/mol. The van der Waals surface area contributed by atoms with Gasteiger partial charge in [0.15, 0.2) is 0 Å². The van der Waals surface area contributed by atoms with Crippen molar-refractivity contribution in [3.63, 3.8) is 0 Å². The highest BCUT2D eigenvalue weighted by Gasteiger charge is 2.01. The Balaban J connectivity index is 2.91. The molecule has 0 amide bonds. The lowest BCUT2D eigenvalue weighted by molar-refractivity contribution is 1.39. The molecule has 0 radical (unpaired) electrons. The molecule has 1 heterocycles. The number of fused-ring (bicyclic) bond motifs is 1. The van der Waals surface area contributed by atoms with Gasteiger partial charge in [0.05, 0.1) is 10.5 Å². The fourth-order valence-electron chi connectivity index (χ4n) is 1.11. The summed E-state index contributed by atoms with van der Waals surface area (Å²) >= 11 is 10.2. The van der Waals surface area contributed by atoms with Gasteiger partial charge in [-0.05, 0) is 18.2 Å². The van der Waals surface area contributed by atoms with E-state index in [0.29, 0.717) is 5.02 Å². The monoisotopic (exact) mass is 195 g/mol. The first-order valence-electron chi connectivity index (χ1n) is 3.51. The van der Waals surface area contributed by atoms with E-state index in [0.717, 1.165) is 15.8 Å². The number of hydrogen-bond donors (Lipinski definition) is 1. The maximum Gasteiger partial charge on any atom is 0.0714 e. The summed E-state index contributed by atoms with van der Waals surface area (Å²) in [4.78, 5) is 4.97. The molecule has 0 aliphatic heterocycles. The minimum absolute atomic E-state index is 0.666. The Morgan fingerprint density at radius 2 is 2.08 bits per heavy atom. The van der Waals surface area contributed by atoms with Crippen molar-refractivity contribution in [2.75, 3.05) is 0 Å². The van der Waals surface area contributed by atoms with E-state index in [9.17, 15) is 0 Å². The number of benzene rings is 1. The number of hydrogen-bond acceptors (Lipinski definition) is 2. The summed E-state index contributed by atoms with van der Waals surface area (Å²) in [6.07, 6.45) is 1.75. The van der Waals surface area contributed by atoms with Crippen LogP contribution in [0.25, 0.3) is 10.9 Å². The zero-order valence-electron chi connectivity index (χ0n) is 6.16. The van der Waals surface area contributed by atoms with E-state index < -0.39 is 0 Å². The van der Waals surface area contributed by atoms with Gasteiger partial charge in [-0.3, -0.25) is 4.98 Å². The highest BCUT2D eigenvalue weighted by Crippen LogP contribution is 2.27. The van der Waals surface area contributed by atoms with E-state index in [2.05, 4.69) is 17.6 Å². The molecule has 0 N–H and O–H groups in total. The minimum atomic E-state index is 0.666.